The van der Waals surface area contributed by atoms with Crippen molar-refractivity contribution in [3.63, 3.8) is 0 Å². The molecule has 1 heterocycles. The number of nitrogens with two attached hydrogens (primary N) is 1. The molecule has 102 valence electrons. The van der Waals surface area contributed by atoms with Crippen LogP contribution in [-0.2, 0) is 9.59 Å². The van der Waals surface area contributed by atoms with E-state index in [1.165, 1.54) is 17.0 Å². The standard InChI is InChI=1S/C12H15FN4O2/c13-9-1-3-10(4-2-9)16-5-7-17(8-6-16)12(19)11(18)15-14/h1-4H,5-8,14H2,(H,15,18). The number of nitrogens with zero attached hydrogens (tertiary/aromatic N) is 2. The summed E-state index contributed by atoms with van der Waals surface area (Å²) in [5, 5.41) is 0. The van der Waals surface area contributed by atoms with Gasteiger partial charge in [-0.1, -0.05) is 0 Å². The van der Waals surface area contributed by atoms with Gasteiger partial charge in [0.2, 0.25) is 0 Å². The molecular formula is C12H15FN4O2. The van der Waals surface area contributed by atoms with Gasteiger partial charge in [-0.05, 0) is 24.3 Å². The van der Waals surface area contributed by atoms with Crippen LogP contribution in [-0.4, -0.2) is 42.9 Å². The van der Waals surface area contributed by atoms with Gasteiger partial charge >= 0.3 is 11.8 Å². The van der Waals surface area contributed by atoms with Crippen molar-refractivity contribution in [2.24, 2.45) is 5.84 Å². The van der Waals surface area contributed by atoms with E-state index < -0.39 is 11.8 Å². The SMILES string of the molecule is NNC(=O)C(=O)N1CCN(c2ccc(F)cc2)CC1. The zero-order valence-corrected chi connectivity index (χ0v) is 10.3. The second-order valence-electron chi connectivity index (χ2n) is 4.23. The highest BCUT2D eigenvalue weighted by Gasteiger charge is 2.25. The monoisotopic (exact) mass is 266 g/mol. The van der Waals surface area contributed by atoms with E-state index in [-0.39, 0.29) is 5.82 Å². The van der Waals surface area contributed by atoms with Crippen LogP contribution in [0.15, 0.2) is 24.3 Å². The molecule has 1 aliphatic rings. The Morgan fingerprint density at radius 3 is 2.21 bits per heavy atom. The first-order valence-corrected chi connectivity index (χ1v) is 5.92. The maximum absolute atomic E-state index is 12.8. The number of benzene rings is 1. The summed E-state index contributed by atoms with van der Waals surface area (Å²) >= 11 is 0. The second-order valence-corrected chi connectivity index (χ2v) is 4.23. The van der Waals surface area contributed by atoms with E-state index in [0.29, 0.717) is 26.2 Å². The van der Waals surface area contributed by atoms with E-state index in [0.717, 1.165) is 5.69 Å². The largest absolute Gasteiger partial charge is 0.368 e. The van der Waals surface area contributed by atoms with Crippen LogP contribution in [0.4, 0.5) is 10.1 Å². The Kier molecular flexibility index (Phi) is 3.96. The molecule has 3 N–H and O–H groups in total. The summed E-state index contributed by atoms with van der Waals surface area (Å²) in [7, 11) is 0. The Morgan fingerprint density at radius 1 is 1.11 bits per heavy atom. The summed E-state index contributed by atoms with van der Waals surface area (Å²) in [5.74, 6) is 3.20. The number of carbonyl (C=O) groups is 2. The lowest BCUT2D eigenvalue weighted by Gasteiger charge is -2.35. The van der Waals surface area contributed by atoms with E-state index in [4.69, 9.17) is 5.84 Å². The zero-order valence-electron chi connectivity index (χ0n) is 10.3. The lowest BCUT2D eigenvalue weighted by molar-refractivity contribution is -0.146. The van der Waals surface area contributed by atoms with Gasteiger partial charge in [-0.15, -0.1) is 0 Å². The van der Waals surface area contributed by atoms with Gasteiger partial charge in [0.25, 0.3) is 0 Å². The molecule has 0 bridgehead atoms. The fourth-order valence-electron chi connectivity index (χ4n) is 2.02. The molecule has 0 saturated carbocycles. The van der Waals surface area contributed by atoms with Crippen LogP contribution >= 0.6 is 0 Å². The first-order chi connectivity index (χ1) is 9.11. The molecule has 0 radical (unpaired) electrons. The summed E-state index contributed by atoms with van der Waals surface area (Å²) in [6.07, 6.45) is 0. The Hall–Kier alpha value is -2.15. The fourth-order valence-corrected chi connectivity index (χ4v) is 2.02. The van der Waals surface area contributed by atoms with E-state index in [1.54, 1.807) is 12.1 Å². The molecule has 2 rings (SSSR count). The number of rotatable bonds is 1. The summed E-state index contributed by atoms with van der Waals surface area (Å²) in [5.41, 5.74) is 2.73. The molecule has 2 amide bonds. The third kappa shape index (κ3) is 3.00. The maximum Gasteiger partial charge on any atom is 0.323 e. The second kappa shape index (κ2) is 5.66. The van der Waals surface area contributed by atoms with Gasteiger partial charge < -0.3 is 9.80 Å². The number of amides is 2. The molecule has 1 aromatic rings. The maximum atomic E-state index is 12.8. The molecule has 0 unspecified atom stereocenters. The highest BCUT2D eigenvalue weighted by Crippen LogP contribution is 2.16. The molecule has 1 aliphatic heterocycles. The number of halogens is 1. The molecule has 7 heteroatoms. The van der Waals surface area contributed by atoms with Crippen molar-refractivity contribution in [3.8, 4) is 0 Å². The van der Waals surface area contributed by atoms with Gasteiger partial charge in [0, 0.05) is 31.9 Å². The molecular weight excluding hydrogens is 251 g/mol. The number of carbonyl (C=O) groups excluding carboxylic acids is 2. The summed E-state index contributed by atoms with van der Waals surface area (Å²) < 4.78 is 12.8. The van der Waals surface area contributed by atoms with Crippen LogP contribution < -0.4 is 16.2 Å². The van der Waals surface area contributed by atoms with Gasteiger partial charge in [-0.25, -0.2) is 10.2 Å². The van der Waals surface area contributed by atoms with E-state index >= 15 is 0 Å². The Morgan fingerprint density at radius 2 is 1.68 bits per heavy atom. The molecule has 1 aromatic carbocycles. The number of anilines is 1. The van der Waals surface area contributed by atoms with Crippen molar-refractivity contribution in [3.05, 3.63) is 30.1 Å². The highest BCUT2D eigenvalue weighted by atomic mass is 19.1. The van der Waals surface area contributed by atoms with Gasteiger partial charge in [0.15, 0.2) is 0 Å². The molecule has 19 heavy (non-hydrogen) atoms. The third-order valence-electron chi connectivity index (χ3n) is 3.08. The average Bonchev–Trinajstić information content (AvgIpc) is 2.46. The molecule has 1 saturated heterocycles. The Labute approximate surface area is 109 Å². The quantitative estimate of drug-likeness (QED) is 0.310. The van der Waals surface area contributed by atoms with Crippen LogP contribution in [0, 0.1) is 5.82 Å². The van der Waals surface area contributed by atoms with E-state index in [2.05, 4.69) is 0 Å². The minimum absolute atomic E-state index is 0.280. The van der Waals surface area contributed by atoms with Crippen LogP contribution in [0.1, 0.15) is 0 Å². The van der Waals surface area contributed by atoms with Gasteiger partial charge in [-0.2, -0.15) is 0 Å². The lowest BCUT2D eigenvalue weighted by atomic mass is 10.2. The number of hydrogen-bond donors (Lipinski definition) is 2. The first-order valence-electron chi connectivity index (χ1n) is 5.92. The normalized spacial score (nSPS) is 15.3. The molecule has 0 spiro atoms. The molecule has 0 atom stereocenters. The molecule has 1 fully saturated rings. The van der Waals surface area contributed by atoms with Crippen molar-refractivity contribution in [1.29, 1.82) is 0 Å². The van der Waals surface area contributed by atoms with Crippen LogP contribution in [0.2, 0.25) is 0 Å². The van der Waals surface area contributed by atoms with Crippen molar-refractivity contribution in [1.82, 2.24) is 10.3 Å². The summed E-state index contributed by atoms with van der Waals surface area (Å²) in [4.78, 5) is 26.2. The van der Waals surface area contributed by atoms with Crippen molar-refractivity contribution < 1.29 is 14.0 Å². The van der Waals surface area contributed by atoms with E-state index in [1.807, 2.05) is 10.3 Å². The number of nitrogens with one attached hydrogen (secondary N) is 1. The predicted octanol–water partition coefficient (Wildman–Crippen LogP) is -0.536. The number of hydrazine groups is 1. The Bertz CT molecular complexity index is 469. The predicted molar refractivity (Wildman–Crippen MR) is 67.5 cm³/mol. The van der Waals surface area contributed by atoms with Crippen molar-refractivity contribution >= 4 is 17.5 Å². The van der Waals surface area contributed by atoms with Crippen molar-refractivity contribution in [2.75, 3.05) is 31.1 Å². The van der Waals surface area contributed by atoms with Crippen LogP contribution in [0.3, 0.4) is 0 Å². The highest BCUT2D eigenvalue weighted by molar-refractivity contribution is 6.34. The van der Waals surface area contributed by atoms with Gasteiger partial charge in [0.1, 0.15) is 5.82 Å². The summed E-state index contributed by atoms with van der Waals surface area (Å²) in [6, 6.07) is 6.18. The molecule has 0 aromatic heterocycles. The minimum Gasteiger partial charge on any atom is -0.368 e. The molecule has 0 aliphatic carbocycles. The first kappa shape index (κ1) is 13.3. The van der Waals surface area contributed by atoms with Crippen molar-refractivity contribution in [2.45, 2.75) is 0 Å². The smallest absolute Gasteiger partial charge is 0.323 e. The topological polar surface area (TPSA) is 78.7 Å². The number of hydrogen-bond acceptors (Lipinski definition) is 4. The number of piperazine rings is 1. The van der Waals surface area contributed by atoms with Crippen LogP contribution in [0.5, 0.6) is 0 Å². The third-order valence-corrected chi connectivity index (χ3v) is 3.08. The fraction of sp³-hybridized carbons (Fsp3) is 0.333. The van der Waals surface area contributed by atoms with Crippen LogP contribution in [0.25, 0.3) is 0 Å². The van der Waals surface area contributed by atoms with Gasteiger partial charge in [-0.3, -0.25) is 15.0 Å². The minimum atomic E-state index is -0.810. The van der Waals surface area contributed by atoms with Gasteiger partial charge in [0.05, 0.1) is 0 Å². The zero-order chi connectivity index (χ0) is 13.8. The van der Waals surface area contributed by atoms with E-state index in [9.17, 15) is 14.0 Å². The summed E-state index contributed by atoms with van der Waals surface area (Å²) in [6.45, 7) is 2.05. The molecule has 6 nitrogen and oxygen atoms in total. The Balaban J connectivity index is 1.94. The average molecular weight is 266 g/mol. The lowest BCUT2D eigenvalue weighted by Crippen LogP contribution is -2.53.